The molecule has 0 radical (unpaired) electrons. The topological polar surface area (TPSA) is 65.7 Å². The third kappa shape index (κ3) is 3.89. The molecule has 0 amide bonds. The SMILES string of the molecule is CC(c1ccc(-c2ccccc2)c(F)c1)c1cc(NC2=NCN(C)CN2)on1. The van der Waals surface area contributed by atoms with E-state index >= 15 is 0 Å². The molecule has 4 rings (SSSR count). The molecule has 2 heterocycles. The van der Waals surface area contributed by atoms with Crippen molar-refractivity contribution in [3.63, 3.8) is 0 Å². The summed E-state index contributed by atoms with van der Waals surface area (Å²) in [5.74, 6) is 0.791. The summed E-state index contributed by atoms with van der Waals surface area (Å²) in [6.07, 6.45) is 0. The number of aliphatic imine (C=N–C) groups is 1. The molecule has 28 heavy (non-hydrogen) atoms. The van der Waals surface area contributed by atoms with E-state index < -0.39 is 0 Å². The van der Waals surface area contributed by atoms with Crippen LogP contribution in [-0.2, 0) is 0 Å². The number of hydrogen-bond acceptors (Lipinski definition) is 6. The van der Waals surface area contributed by atoms with Crippen LogP contribution in [0.15, 0.2) is 64.1 Å². The van der Waals surface area contributed by atoms with Crippen LogP contribution in [0.25, 0.3) is 11.1 Å². The van der Waals surface area contributed by atoms with E-state index in [2.05, 4.69) is 20.8 Å². The van der Waals surface area contributed by atoms with Crippen molar-refractivity contribution in [3.05, 3.63) is 71.7 Å². The van der Waals surface area contributed by atoms with Gasteiger partial charge in [0.2, 0.25) is 11.8 Å². The van der Waals surface area contributed by atoms with Gasteiger partial charge in [0.05, 0.1) is 19.0 Å². The van der Waals surface area contributed by atoms with Crippen molar-refractivity contribution in [1.29, 1.82) is 0 Å². The minimum Gasteiger partial charge on any atom is -0.343 e. The Hall–Kier alpha value is -3.19. The van der Waals surface area contributed by atoms with E-state index in [4.69, 9.17) is 4.52 Å². The summed E-state index contributed by atoms with van der Waals surface area (Å²) in [6, 6.07) is 16.6. The predicted octanol–water partition coefficient (Wildman–Crippen LogP) is 3.85. The number of guanidine groups is 1. The molecular formula is C21H22FN5O. The minimum atomic E-state index is -0.248. The molecule has 0 saturated heterocycles. The Bertz CT molecular complexity index is 985. The molecule has 0 spiro atoms. The zero-order chi connectivity index (χ0) is 19.5. The second-order valence-corrected chi connectivity index (χ2v) is 6.91. The third-order valence-electron chi connectivity index (χ3n) is 4.78. The number of rotatable bonds is 4. The Morgan fingerprint density at radius 1 is 1.18 bits per heavy atom. The van der Waals surface area contributed by atoms with Crippen LogP contribution in [0.2, 0.25) is 0 Å². The van der Waals surface area contributed by atoms with Crippen LogP contribution in [0, 0.1) is 5.82 Å². The van der Waals surface area contributed by atoms with Gasteiger partial charge >= 0.3 is 0 Å². The Morgan fingerprint density at radius 3 is 2.71 bits per heavy atom. The summed E-state index contributed by atoms with van der Waals surface area (Å²) in [6.45, 7) is 3.29. The summed E-state index contributed by atoms with van der Waals surface area (Å²) in [5, 5.41) is 10.4. The average Bonchev–Trinajstić information content (AvgIpc) is 3.18. The van der Waals surface area contributed by atoms with Crippen molar-refractivity contribution in [2.24, 2.45) is 4.99 Å². The number of nitrogens with one attached hydrogen (secondary N) is 2. The van der Waals surface area contributed by atoms with Crippen molar-refractivity contribution in [2.75, 3.05) is 25.7 Å². The summed E-state index contributed by atoms with van der Waals surface area (Å²) >= 11 is 0. The van der Waals surface area contributed by atoms with Crippen molar-refractivity contribution in [2.45, 2.75) is 12.8 Å². The lowest BCUT2D eigenvalue weighted by Gasteiger charge is -2.22. The van der Waals surface area contributed by atoms with E-state index in [1.165, 1.54) is 0 Å². The molecule has 1 aliphatic heterocycles. The highest BCUT2D eigenvalue weighted by Gasteiger charge is 2.17. The van der Waals surface area contributed by atoms with Crippen LogP contribution in [0.1, 0.15) is 24.1 Å². The molecule has 3 aromatic rings. The summed E-state index contributed by atoms with van der Waals surface area (Å²) in [5.41, 5.74) is 3.01. The van der Waals surface area contributed by atoms with Gasteiger partial charge in [0, 0.05) is 17.5 Å². The number of anilines is 1. The lowest BCUT2D eigenvalue weighted by Crippen LogP contribution is -2.43. The highest BCUT2D eigenvalue weighted by molar-refractivity contribution is 5.92. The summed E-state index contributed by atoms with van der Waals surface area (Å²) < 4.78 is 20.0. The molecule has 1 unspecified atom stereocenters. The van der Waals surface area contributed by atoms with Crippen molar-refractivity contribution >= 4 is 11.8 Å². The van der Waals surface area contributed by atoms with Crippen LogP contribution in [-0.4, -0.2) is 36.4 Å². The third-order valence-corrected chi connectivity index (χ3v) is 4.78. The first-order valence-electron chi connectivity index (χ1n) is 9.15. The van der Waals surface area contributed by atoms with E-state index in [1.54, 1.807) is 6.07 Å². The maximum Gasteiger partial charge on any atom is 0.231 e. The molecule has 0 aliphatic carbocycles. The normalized spacial score (nSPS) is 15.6. The number of benzene rings is 2. The van der Waals surface area contributed by atoms with Gasteiger partial charge in [-0.1, -0.05) is 54.5 Å². The van der Waals surface area contributed by atoms with Crippen molar-refractivity contribution in [1.82, 2.24) is 15.4 Å². The lowest BCUT2D eigenvalue weighted by atomic mass is 9.95. The number of halogens is 1. The van der Waals surface area contributed by atoms with Crippen LogP contribution in [0.5, 0.6) is 0 Å². The van der Waals surface area contributed by atoms with Gasteiger partial charge < -0.3 is 9.84 Å². The van der Waals surface area contributed by atoms with Crippen LogP contribution in [0.3, 0.4) is 0 Å². The van der Waals surface area contributed by atoms with Gasteiger partial charge in [-0.3, -0.25) is 10.2 Å². The second-order valence-electron chi connectivity index (χ2n) is 6.91. The van der Waals surface area contributed by atoms with Gasteiger partial charge in [0.1, 0.15) is 5.82 Å². The Kier molecular flexibility index (Phi) is 5.08. The largest absolute Gasteiger partial charge is 0.343 e. The average molecular weight is 379 g/mol. The standard InChI is InChI=1S/C21H22FN5O/c1-14(16-8-9-17(18(22)10-16)15-6-4-3-5-7-15)19-11-20(28-26-19)25-21-23-12-27(2)13-24-21/h3-11,14H,12-13H2,1-2H3,(H2,23,24,25). The number of nitrogens with zero attached hydrogens (tertiary/aromatic N) is 3. The first-order valence-corrected chi connectivity index (χ1v) is 9.15. The molecule has 0 fully saturated rings. The monoisotopic (exact) mass is 379 g/mol. The van der Waals surface area contributed by atoms with Gasteiger partial charge in [-0.05, 0) is 24.2 Å². The molecule has 0 saturated carbocycles. The molecular weight excluding hydrogens is 357 g/mol. The zero-order valence-corrected chi connectivity index (χ0v) is 15.8. The van der Waals surface area contributed by atoms with E-state index in [0.717, 1.165) is 16.8 Å². The van der Waals surface area contributed by atoms with Crippen LogP contribution in [0.4, 0.5) is 10.3 Å². The molecule has 2 N–H and O–H groups in total. The van der Waals surface area contributed by atoms with E-state index in [-0.39, 0.29) is 11.7 Å². The maximum absolute atomic E-state index is 14.7. The minimum absolute atomic E-state index is 0.106. The quantitative estimate of drug-likeness (QED) is 0.721. The molecule has 144 valence electrons. The van der Waals surface area contributed by atoms with E-state index in [1.807, 2.05) is 67.4 Å². The van der Waals surface area contributed by atoms with Crippen molar-refractivity contribution < 1.29 is 8.91 Å². The van der Waals surface area contributed by atoms with Crippen molar-refractivity contribution in [3.8, 4) is 11.1 Å². The van der Waals surface area contributed by atoms with Gasteiger partial charge in [-0.2, -0.15) is 0 Å². The molecule has 1 aliphatic rings. The fourth-order valence-electron chi connectivity index (χ4n) is 3.08. The van der Waals surface area contributed by atoms with E-state index in [0.29, 0.717) is 30.7 Å². The fourth-order valence-corrected chi connectivity index (χ4v) is 3.08. The predicted molar refractivity (Wildman–Crippen MR) is 108 cm³/mol. The van der Waals surface area contributed by atoms with Gasteiger partial charge in [-0.25, -0.2) is 9.38 Å². The Balaban J connectivity index is 1.50. The Labute approximate surface area is 163 Å². The summed E-state index contributed by atoms with van der Waals surface area (Å²) in [4.78, 5) is 6.39. The highest BCUT2D eigenvalue weighted by Crippen LogP contribution is 2.30. The molecule has 1 atom stereocenters. The molecule has 6 nitrogen and oxygen atoms in total. The molecule has 7 heteroatoms. The van der Waals surface area contributed by atoms with E-state index in [9.17, 15) is 4.39 Å². The lowest BCUT2D eigenvalue weighted by molar-refractivity contribution is 0.323. The fraction of sp³-hybridized carbons (Fsp3) is 0.238. The smallest absolute Gasteiger partial charge is 0.231 e. The second kappa shape index (κ2) is 7.82. The molecule has 0 bridgehead atoms. The summed E-state index contributed by atoms with van der Waals surface area (Å²) in [7, 11) is 1.98. The van der Waals surface area contributed by atoms with Gasteiger partial charge in [0.15, 0.2) is 0 Å². The van der Waals surface area contributed by atoms with Gasteiger partial charge in [-0.15, -0.1) is 0 Å². The number of aromatic nitrogens is 1. The molecule has 1 aromatic heterocycles. The van der Waals surface area contributed by atoms with Crippen LogP contribution >= 0.6 is 0 Å². The zero-order valence-electron chi connectivity index (χ0n) is 15.8. The highest BCUT2D eigenvalue weighted by atomic mass is 19.1. The first-order chi connectivity index (χ1) is 13.6. The Morgan fingerprint density at radius 2 is 2.00 bits per heavy atom. The molecule has 2 aromatic carbocycles. The first kappa shape index (κ1) is 18.2. The van der Waals surface area contributed by atoms with Gasteiger partial charge in [0.25, 0.3) is 0 Å². The maximum atomic E-state index is 14.7. The number of hydrogen-bond donors (Lipinski definition) is 2. The van der Waals surface area contributed by atoms with Crippen LogP contribution < -0.4 is 10.6 Å².